The molecule has 2 heterocycles. The Morgan fingerprint density at radius 1 is 1.29 bits per heavy atom. The fourth-order valence-corrected chi connectivity index (χ4v) is 3.19. The number of rotatable bonds is 7. The van der Waals surface area contributed by atoms with Crippen LogP contribution in [0.3, 0.4) is 0 Å². The predicted molar refractivity (Wildman–Crippen MR) is 96.6 cm³/mol. The van der Waals surface area contributed by atoms with Crippen LogP contribution in [0, 0.1) is 5.82 Å². The number of halogens is 1. The number of fused-ring (bicyclic) bond motifs is 3. The molecule has 0 radical (unpaired) electrons. The summed E-state index contributed by atoms with van der Waals surface area (Å²) < 4.78 is 31.8. The second-order valence-electron chi connectivity index (χ2n) is 6.29. The van der Waals surface area contributed by atoms with E-state index in [0.717, 1.165) is 10.8 Å². The van der Waals surface area contributed by atoms with Crippen LogP contribution in [-0.2, 0) is 11.2 Å². The Morgan fingerprint density at radius 3 is 2.68 bits per heavy atom. The van der Waals surface area contributed by atoms with E-state index in [1.54, 1.807) is 13.2 Å². The van der Waals surface area contributed by atoms with Gasteiger partial charge in [0.2, 0.25) is 5.43 Å². The van der Waals surface area contributed by atoms with E-state index >= 15 is 0 Å². The summed E-state index contributed by atoms with van der Waals surface area (Å²) in [5, 5.41) is 19.5. The van der Waals surface area contributed by atoms with E-state index < -0.39 is 29.0 Å². The zero-order valence-electron chi connectivity index (χ0n) is 15.4. The van der Waals surface area contributed by atoms with Gasteiger partial charge >= 0.3 is 5.97 Å². The highest BCUT2D eigenvalue weighted by molar-refractivity contribution is 5.88. The van der Waals surface area contributed by atoms with Gasteiger partial charge in [0.15, 0.2) is 17.3 Å². The zero-order chi connectivity index (χ0) is 20.4. The Bertz CT molecular complexity index is 970. The summed E-state index contributed by atoms with van der Waals surface area (Å²) in [6, 6.07) is 3.14. The molecular formula is C19H20FNO7. The number of carbonyl (C=O) groups is 1. The van der Waals surface area contributed by atoms with E-state index in [4.69, 9.17) is 19.3 Å². The first kappa shape index (κ1) is 19.8. The van der Waals surface area contributed by atoms with Gasteiger partial charge in [-0.25, -0.2) is 9.18 Å². The van der Waals surface area contributed by atoms with Crippen LogP contribution in [0.15, 0.2) is 23.1 Å². The molecule has 1 atom stereocenters. The van der Waals surface area contributed by atoms with Gasteiger partial charge in [0.25, 0.3) is 0 Å². The Kier molecular flexibility index (Phi) is 5.66. The van der Waals surface area contributed by atoms with Gasteiger partial charge in [-0.2, -0.15) is 0 Å². The van der Waals surface area contributed by atoms with Gasteiger partial charge in [-0.3, -0.25) is 4.79 Å². The van der Waals surface area contributed by atoms with Gasteiger partial charge in [0, 0.05) is 38.3 Å². The Labute approximate surface area is 159 Å². The number of carboxylic acids is 1. The van der Waals surface area contributed by atoms with Crippen LogP contribution in [0.25, 0.3) is 11.3 Å². The third-order valence-corrected chi connectivity index (χ3v) is 4.53. The molecule has 0 saturated heterocycles. The smallest absolute Gasteiger partial charge is 0.341 e. The minimum absolute atomic E-state index is 0.0854. The number of methoxy groups -OCH3 is 2. The van der Waals surface area contributed by atoms with Crippen molar-refractivity contribution in [3.8, 4) is 22.8 Å². The fourth-order valence-electron chi connectivity index (χ4n) is 3.19. The third-order valence-electron chi connectivity index (χ3n) is 4.53. The molecule has 2 aromatic rings. The second kappa shape index (κ2) is 7.99. The quantitative estimate of drug-likeness (QED) is 0.691. The van der Waals surface area contributed by atoms with Crippen LogP contribution in [-0.4, -0.2) is 48.2 Å². The Balaban J connectivity index is 2.11. The van der Waals surface area contributed by atoms with Gasteiger partial charge < -0.3 is 29.0 Å². The summed E-state index contributed by atoms with van der Waals surface area (Å²) >= 11 is 0. The average molecular weight is 393 g/mol. The van der Waals surface area contributed by atoms with Crippen molar-refractivity contribution in [3.05, 3.63) is 45.5 Å². The average Bonchev–Trinajstić information content (AvgIpc) is 2.67. The van der Waals surface area contributed by atoms with Gasteiger partial charge in [-0.05, 0) is 17.7 Å². The number of aromatic carboxylic acids is 1. The maximum Gasteiger partial charge on any atom is 0.341 e. The Morgan fingerprint density at radius 2 is 2.04 bits per heavy atom. The highest BCUT2D eigenvalue weighted by Gasteiger charge is 2.30. The van der Waals surface area contributed by atoms with E-state index in [0.29, 0.717) is 42.3 Å². The molecule has 0 amide bonds. The number of hydrogen-bond donors (Lipinski definition) is 2. The van der Waals surface area contributed by atoms with Crippen molar-refractivity contribution < 1.29 is 33.6 Å². The largest absolute Gasteiger partial charge is 0.493 e. The molecule has 2 N–H and O–H groups in total. The van der Waals surface area contributed by atoms with Crippen molar-refractivity contribution in [2.45, 2.75) is 19.1 Å². The zero-order valence-corrected chi connectivity index (χ0v) is 15.4. The number of nitrogens with zero attached hydrogens (tertiary/aromatic N) is 1. The third kappa shape index (κ3) is 3.46. The number of aliphatic hydroxyl groups is 1. The number of pyridine rings is 1. The molecule has 28 heavy (non-hydrogen) atoms. The molecule has 0 fully saturated rings. The summed E-state index contributed by atoms with van der Waals surface area (Å²) in [5.74, 6) is -2.05. The lowest BCUT2D eigenvalue weighted by atomic mass is 9.94. The van der Waals surface area contributed by atoms with Crippen molar-refractivity contribution in [1.82, 2.24) is 4.57 Å². The number of hydrogen-bond acceptors (Lipinski definition) is 6. The van der Waals surface area contributed by atoms with Crippen LogP contribution < -0.4 is 14.9 Å². The normalized spacial score (nSPS) is 14.9. The molecule has 0 bridgehead atoms. The fraction of sp³-hybridized carbons (Fsp3) is 0.368. The predicted octanol–water partition coefficient (Wildman–Crippen LogP) is 1.82. The molecule has 150 valence electrons. The van der Waals surface area contributed by atoms with E-state index in [1.807, 2.05) is 0 Å². The topological polar surface area (TPSA) is 107 Å². The van der Waals surface area contributed by atoms with Crippen LogP contribution >= 0.6 is 0 Å². The first-order valence-corrected chi connectivity index (χ1v) is 8.58. The summed E-state index contributed by atoms with van der Waals surface area (Å²) in [4.78, 5) is 23.3. The molecule has 1 aromatic heterocycles. The maximum atomic E-state index is 14.8. The minimum Gasteiger partial charge on any atom is -0.493 e. The number of aromatic nitrogens is 1. The highest BCUT2D eigenvalue weighted by Crippen LogP contribution is 2.41. The highest BCUT2D eigenvalue weighted by atomic mass is 19.1. The van der Waals surface area contributed by atoms with E-state index in [1.165, 1.54) is 13.2 Å². The first-order valence-electron chi connectivity index (χ1n) is 8.58. The summed E-state index contributed by atoms with van der Waals surface area (Å²) in [6.07, 6.45) is 0.468. The molecule has 1 aliphatic rings. The summed E-state index contributed by atoms with van der Waals surface area (Å²) in [6.45, 7) is 0.900. The number of carboxylic acid groups (broad SMARTS) is 1. The van der Waals surface area contributed by atoms with Crippen LogP contribution in [0.4, 0.5) is 4.39 Å². The van der Waals surface area contributed by atoms with E-state index in [9.17, 15) is 19.1 Å². The molecular weight excluding hydrogens is 373 g/mol. The second-order valence-corrected chi connectivity index (χ2v) is 6.29. The standard InChI is InChI=1S/C19H20FNO7/c1-26-4-3-5-28-14-6-10-7-15(22)21-9-12(19(24)25)18(23)16(20)17(21)11(10)8-13(14)27-2/h6,8-9,15,22H,3-5,7H2,1-2H3,(H,24,25). The van der Waals surface area contributed by atoms with Crippen molar-refractivity contribution in [2.75, 3.05) is 27.4 Å². The lowest BCUT2D eigenvalue weighted by Crippen LogP contribution is -2.28. The first-order chi connectivity index (χ1) is 13.4. The van der Waals surface area contributed by atoms with Gasteiger partial charge in [0.1, 0.15) is 11.8 Å². The van der Waals surface area contributed by atoms with E-state index in [-0.39, 0.29) is 12.1 Å². The number of aliphatic hydroxyl groups excluding tert-OH is 1. The van der Waals surface area contributed by atoms with Gasteiger partial charge in [-0.1, -0.05) is 0 Å². The molecule has 9 heteroatoms. The molecule has 0 saturated carbocycles. The van der Waals surface area contributed by atoms with Crippen LogP contribution in [0.5, 0.6) is 11.5 Å². The van der Waals surface area contributed by atoms with Crippen LogP contribution in [0.2, 0.25) is 0 Å². The molecule has 3 rings (SSSR count). The lowest BCUT2D eigenvalue weighted by Gasteiger charge is -2.28. The van der Waals surface area contributed by atoms with Crippen molar-refractivity contribution >= 4 is 5.97 Å². The summed E-state index contributed by atoms with van der Waals surface area (Å²) in [7, 11) is 3.02. The molecule has 1 unspecified atom stereocenters. The Hall–Kier alpha value is -2.91. The number of ether oxygens (including phenoxy) is 3. The van der Waals surface area contributed by atoms with Crippen molar-refractivity contribution in [1.29, 1.82) is 0 Å². The van der Waals surface area contributed by atoms with Crippen LogP contribution in [0.1, 0.15) is 28.6 Å². The molecule has 1 aliphatic heterocycles. The summed E-state index contributed by atoms with van der Waals surface area (Å²) in [5.41, 5.74) is -1.28. The molecule has 0 aliphatic carbocycles. The van der Waals surface area contributed by atoms with Crippen molar-refractivity contribution in [2.24, 2.45) is 0 Å². The number of benzene rings is 1. The SMILES string of the molecule is COCCCOc1cc2c(cc1OC)-c1c(F)c(=O)c(C(=O)O)cn1C(O)C2. The van der Waals surface area contributed by atoms with Gasteiger partial charge in [0.05, 0.1) is 19.4 Å². The van der Waals surface area contributed by atoms with Gasteiger partial charge in [-0.15, -0.1) is 0 Å². The molecule has 8 nitrogen and oxygen atoms in total. The van der Waals surface area contributed by atoms with Crippen molar-refractivity contribution in [3.63, 3.8) is 0 Å². The molecule has 1 aromatic carbocycles. The minimum atomic E-state index is -1.56. The monoisotopic (exact) mass is 393 g/mol. The lowest BCUT2D eigenvalue weighted by molar-refractivity contribution is 0.0688. The van der Waals surface area contributed by atoms with E-state index in [2.05, 4.69) is 0 Å². The maximum absolute atomic E-state index is 14.8. The molecule has 0 spiro atoms.